The maximum Gasteiger partial charge on any atom is 0.273 e. The van der Waals surface area contributed by atoms with E-state index in [2.05, 4.69) is 26.3 Å². The van der Waals surface area contributed by atoms with E-state index in [4.69, 9.17) is 0 Å². The summed E-state index contributed by atoms with van der Waals surface area (Å²) < 4.78 is 2.24. The van der Waals surface area contributed by atoms with Gasteiger partial charge in [-0.1, -0.05) is 28.1 Å². The molecule has 1 amide bonds. The van der Waals surface area contributed by atoms with Gasteiger partial charge in [0.1, 0.15) is 12.1 Å². The van der Waals surface area contributed by atoms with Crippen LogP contribution in [-0.2, 0) is 0 Å². The Bertz CT molecular complexity index is 798. The first-order valence-corrected chi connectivity index (χ1v) is 6.66. The molecule has 0 saturated heterocycles. The van der Waals surface area contributed by atoms with Crippen molar-refractivity contribution in [2.45, 2.75) is 0 Å². The number of carbonyl (C=O) groups excluding carboxylic acids is 1. The van der Waals surface area contributed by atoms with Gasteiger partial charge < -0.3 is 5.11 Å². The normalized spacial score (nSPS) is 10.7. The monoisotopic (exact) mass is 331 g/mol. The van der Waals surface area contributed by atoms with E-state index in [-0.39, 0.29) is 11.3 Å². The van der Waals surface area contributed by atoms with E-state index in [0.717, 1.165) is 15.5 Å². The van der Waals surface area contributed by atoms with Gasteiger partial charge in [-0.2, -0.15) is 0 Å². The van der Waals surface area contributed by atoms with Crippen LogP contribution in [0.25, 0.3) is 11.0 Å². The third-order valence-corrected chi connectivity index (χ3v) is 3.37. The highest BCUT2D eigenvalue weighted by atomic mass is 79.9. The van der Waals surface area contributed by atoms with Gasteiger partial charge in [-0.25, -0.2) is 9.66 Å². The van der Waals surface area contributed by atoms with Crippen molar-refractivity contribution in [3.8, 4) is 5.75 Å². The third-order valence-electron chi connectivity index (χ3n) is 2.88. The fourth-order valence-electron chi connectivity index (χ4n) is 1.91. The highest BCUT2D eigenvalue weighted by Gasteiger charge is 2.13. The molecule has 0 saturated carbocycles. The largest absolute Gasteiger partial charge is 0.507 e. The minimum atomic E-state index is -0.410. The Morgan fingerprint density at radius 2 is 2.05 bits per heavy atom. The van der Waals surface area contributed by atoms with Gasteiger partial charge in [0, 0.05) is 4.47 Å². The number of nitrogens with zero attached hydrogens (tertiary/aromatic N) is 2. The average Bonchev–Trinajstić information content (AvgIpc) is 2.85. The zero-order valence-corrected chi connectivity index (χ0v) is 11.8. The number of carbonyl (C=O) groups is 1. The summed E-state index contributed by atoms with van der Waals surface area (Å²) in [4.78, 5) is 16.4. The number of hydrogen-bond donors (Lipinski definition) is 2. The molecular formula is C14H10BrN3O2. The molecule has 0 fully saturated rings. The lowest BCUT2D eigenvalue weighted by molar-refractivity contribution is 0.101. The first-order valence-electron chi connectivity index (χ1n) is 5.87. The number of nitrogens with one attached hydrogen (secondary N) is 1. The SMILES string of the molecule is O=C(Nn1cnc2ccccc21)c1cc(Br)ccc1O. The van der Waals surface area contributed by atoms with Crippen molar-refractivity contribution in [3.63, 3.8) is 0 Å². The fraction of sp³-hybridized carbons (Fsp3) is 0. The Morgan fingerprint density at radius 1 is 1.25 bits per heavy atom. The van der Waals surface area contributed by atoms with Gasteiger partial charge in [-0.15, -0.1) is 0 Å². The van der Waals surface area contributed by atoms with Crippen molar-refractivity contribution < 1.29 is 9.90 Å². The molecule has 0 aliphatic rings. The lowest BCUT2D eigenvalue weighted by Gasteiger charge is -2.08. The number of aromatic nitrogens is 2. The van der Waals surface area contributed by atoms with Gasteiger partial charge in [0.05, 0.1) is 16.6 Å². The van der Waals surface area contributed by atoms with Crippen LogP contribution in [0.2, 0.25) is 0 Å². The zero-order valence-electron chi connectivity index (χ0n) is 10.2. The summed E-state index contributed by atoms with van der Waals surface area (Å²) in [6.45, 7) is 0. The molecule has 0 spiro atoms. The molecule has 5 nitrogen and oxygen atoms in total. The number of aromatic hydroxyl groups is 1. The molecule has 0 radical (unpaired) electrons. The number of amides is 1. The van der Waals surface area contributed by atoms with Gasteiger partial charge in [0.2, 0.25) is 0 Å². The first kappa shape index (κ1) is 12.7. The molecular weight excluding hydrogens is 322 g/mol. The number of para-hydroxylation sites is 2. The molecule has 0 atom stereocenters. The molecule has 0 unspecified atom stereocenters. The van der Waals surface area contributed by atoms with Crippen molar-refractivity contribution in [3.05, 3.63) is 58.8 Å². The number of hydrogen-bond acceptors (Lipinski definition) is 3. The van der Waals surface area contributed by atoms with E-state index >= 15 is 0 Å². The standard InChI is InChI=1S/C14H10BrN3O2/c15-9-5-6-13(19)10(7-9)14(20)17-18-8-16-11-3-1-2-4-12(11)18/h1-8,19H,(H,17,20). The highest BCUT2D eigenvalue weighted by molar-refractivity contribution is 9.10. The van der Waals surface area contributed by atoms with Crippen LogP contribution in [0, 0.1) is 0 Å². The average molecular weight is 332 g/mol. The van der Waals surface area contributed by atoms with E-state index in [1.165, 1.54) is 17.1 Å². The Kier molecular flexibility index (Phi) is 3.15. The van der Waals surface area contributed by atoms with E-state index in [0.29, 0.717) is 0 Å². The molecule has 1 heterocycles. The quantitative estimate of drug-likeness (QED) is 0.758. The molecule has 2 aromatic carbocycles. The maximum atomic E-state index is 12.2. The predicted molar refractivity (Wildman–Crippen MR) is 79.2 cm³/mol. The van der Waals surface area contributed by atoms with E-state index in [1.54, 1.807) is 12.1 Å². The van der Waals surface area contributed by atoms with Crippen LogP contribution in [0.15, 0.2) is 53.3 Å². The van der Waals surface area contributed by atoms with Crippen LogP contribution >= 0.6 is 15.9 Å². The third kappa shape index (κ3) is 2.25. The van der Waals surface area contributed by atoms with Gasteiger partial charge in [0.25, 0.3) is 5.91 Å². The molecule has 0 aliphatic heterocycles. The molecule has 0 bridgehead atoms. The molecule has 3 aromatic rings. The summed E-state index contributed by atoms with van der Waals surface area (Å²) in [6.07, 6.45) is 1.53. The second-order valence-corrected chi connectivity index (χ2v) is 5.12. The highest BCUT2D eigenvalue weighted by Crippen LogP contribution is 2.22. The molecule has 20 heavy (non-hydrogen) atoms. The summed E-state index contributed by atoms with van der Waals surface area (Å²) in [5.74, 6) is -0.484. The predicted octanol–water partition coefficient (Wildman–Crippen LogP) is 2.89. The van der Waals surface area contributed by atoms with Crippen molar-refractivity contribution in [2.24, 2.45) is 0 Å². The molecule has 6 heteroatoms. The summed E-state index contributed by atoms with van der Waals surface area (Å²) in [5.41, 5.74) is 4.45. The van der Waals surface area contributed by atoms with Gasteiger partial charge >= 0.3 is 0 Å². The molecule has 2 N–H and O–H groups in total. The first-order chi connectivity index (χ1) is 9.65. The Balaban J connectivity index is 1.94. The maximum absolute atomic E-state index is 12.2. The van der Waals surface area contributed by atoms with Crippen LogP contribution in [0.1, 0.15) is 10.4 Å². The minimum absolute atomic E-state index is 0.0740. The number of rotatable bonds is 2. The molecule has 1 aromatic heterocycles. The summed E-state index contributed by atoms with van der Waals surface area (Å²) in [7, 11) is 0. The number of phenolic OH excluding ortho intramolecular Hbond substituents is 1. The fourth-order valence-corrected chi connectivity index (χ4v) is 2.27. The second kappa shape index (κ2) is 4.97. The van der Waals surface area contributed by atoms with E-state index < -0.39 is 5.91 Å². The summed E-state index contributed by atoms with van der Waals surface area (Å²) in [5, 5.41) is 9.74. The van der Waals surface area contributed by atoms with Crippen LogP contribution in [-0.4, -0.2) is 20.7 Å². The van der Waals surface area contributed by atoms with Crippen LogP contribution < -0.4 is 5.43 Å². The number of benzene rings is 2. The number of fused-ring (bicyclic) bond motifs is 1. The number of halogens is 1. The van der Waals surface area contributed by atoms with Gasteiger partial charge in [0.15, 0.2) is 0 Å². The van der Waals surface area contributed by atoms with Crippen molar-refractivity contribution in [1.82, 2.24) is 9.66 Å². The van der Waals surface area contributed by atoms with E-state index in [9.17, 15) is 9.90 Å². The van der Waals surface area contributed by atoms with Crippen LogP contribution in [0.5, 0.6) is 5.75 Å². The Labute approximate surface area is 123 Å². The number of phenols is 1. The van der Waals surface area contributed by atoms with Crippen molar-refractivity contribution in [2.75, 3.05) is 5.43 Å². The van der Waals surface area contributed by atoms with Crippen LogP contribution in [0.3, 0.4) is 0 Å². The minimum Gasteiger partial charge on any atom is -0.507 e. The summed E-state index contributed by atoms with van der Waals surface area (Å²) >= 11 is 3.27. The molecule has 100 valence electrons. The lowest BCUT2D eigenvalue weighted by Crippen LogP contribution is -2.22. The Morgan fingerprint density at radius 3 is 2.90 bits per heavy atom. The zero-order chi connectivity index (χ0) is 14.1. The lowest BCUT2D eigenvalue weighted by atomic mass is 10.2. The summed E-state index contributed by atoms with van der Waals surface area (Å²) in [6, 6.07) is 12.1. The topological polar surface area (TPSA) is 67.2 Å². The molecule has 0 aliphatic carbocycles. The van der Waals surface area contributed by atoms with E-state index in [1.807, 2.05) is 24.3 Å². The van der Waals surface area contributed by atoms with Crippen molar-refractivity contribution >= 4 is 32.9 Å². The van der Waals surface area contributed by atoms with Gasteiger partial charge in [-0.05, 0) is 30.3 Å². The van der Waals surface area contributed by atoms with Crippen LogP contribution in [0.4, 0.5) is 0 Å². The Hall–Kier alpha value is -2.34. The smallest absolute Gasteiger partial charge is 0.273 e. The second-order valence-electron chi connectivity index (χ2n) is 4.21. The van der Waals surface area contributed by atoms with Gasteiger partial charge in [-0.3, -0.25) is 10.2 Å². The van der Waals surface area contributed by atoms with Crippen molar-refractivity contribution in [1.29, 1.82) is 0 Å². The molecule has 3 rings (SSSR count). The number of imidazole rings is 1.